The van der Waals surface area contributed by atoms with Gasteiger partial charge in [-0.05, 0) is 19.4 Å². The Hall–Kier alpha value is -2.14. The number of carbonyl (C=O) groups is 1. The Labute approximate surface area is 118 Å². The van der Waals surface area contributed by atoms with Gasteiger partial charge in [0, 0.05) is 25.3 Å². The predicted molar refractivity (Wildman–Crippen MR) is 78.4 cm³/mol. The van der Waals surface area contributed by atoms with E-state index in [4.69, 9.17) is 5.73 Å². The summed E-state index contributed by atoms with van der Waals surface area (Å²) < 4.78 is 1.71. The third-order valence-corrected chi connectivity index (χ3v) is 3.45. The Morgan fingerprint density at radius 2 is 2.00 bits per heavy atom. The fourth-order valence-electron chi connectivity index (χ4n) is 2.21. The van der Waals surface area contributed by atoms with E-state index >= 15 is 0 Å². The summed E-state index contributed by atoms with van der Waals surface area (Å²) in [6.45, 7) is 4.11. The second-order valence-electron chi connectivity index (χ2n) is 4.90. The molecule has 1 amide bonds. The van der Waals surface area contributed by atoms with Gasteiger partial charge in [-0.3, -0.25) is 9.48 Å². The molecule has 0 radical (unpaired) electrons. The summed E-state index contributed by atoms with van der Waals surface area (Å²) in [7, 11) is 1.83. The lowest BCUT2D eigenvalue weighted by molar-refractivity contribution is 0.0950. The van der Waals surface area contributed by atoms with Crippen LogP contribution in [0.25, 0.3) is 0 Å². The molecule has 0 aliphatic heterocycles. The van der Waals surface area contributed by atoms with Crippen molar-refractivity contribution in [3.05, 3.63) is 52.8 Å². The summed E-state index contributed by atoms with van der Waals surface area (Å²) in [4.78, 5) is 12.2. The zero-order valence-electron chi connectivity index (χ0n) is 12.1. The van der Waals surface area contributed by atoms with Gasteiger partial charge in [-0.1, -0.05) is 30.3 Å². The quantitative estimate of drug-likeness (QED) is 0.885. The topological polar surface area (TPSA) is 72.9 Å². The monoisotopic (exact) mass is 272 g/mol. The van der Waals surface area contributed by atoms with Crippen LogP contribution in [0.4, 0.5) is 0 Å². The summed E-state index contributed by atoms with van der Waals surface area (Å²) >= 11 is 0. The lowest BCUT2D eigenvalue weighted by Gasteiger charge is -2.13. The fraction of sp³-hybridized carbons (Fsp3) is 0.333. The Morgan fingerprint density at radius 1 is 1.35 bits per heavy atom. The van der Waals surface area contributed by atoms with E-state index in [0.29, 0.717) is 12.1 Å². The molecule has 1 aromatic carbocycles. The Kier molecular flexibility index (Phi) is 4.20. The largest absolute Gasteiger partial charge is 0.350 e. The van der Waals surface area contributed by atoms with E-state index in [-0.39, 0.29) is 11.9 Å². The molecule has 20 heavy (non-hydrogen) atoms. The number of rotatable bonds is 4. The minimum atomic E-state index is -0.211. The van der Waals surface area contributed by atoms with E-state index in [2.05, 4.69) is 10.4 Å². The van der Waals surface area contributed by atoms with Gasteiger partial charge >= 0.3 is 0 Å². The SMILES string of the molecule is Cc1nn(C)c(C)c1C(=O)NCC(N)c1ccccc1. The van der Waals surface area contributed by atoms with Crippen LogP contribution in [0.5, 0.6) is 0 Å². The first-order chi connectivity index (χ1) is 9.50. The van der Waals surface area contributed by atoms with Crippen molar-refractivity contribution in [3.8, 4) is 0 Å². The molecular weight excluding hydrogens is 252 g/mol. The maximum atomic E-state index is 12.2. The van der Waals surface area contributed by atoms with Gasteiger partial charge in [0.05, 0.1) is 11.3 Å². The number of benzene rings is 1. The van der Waals surface area contributed by atoms with Gasteiger partial charge in [-0.25, -0.2) is 0 Å². The first-order valence-corrected chi connectivity index (χ1v) is 6.59. The van der Waals surface area contributed by atoms with Crippen molar-refractivity contribution < 1.29 is 4.79 Å². The molecule has 3 N–H and O–H groups in total. The van der Waals surface area contributed by atoms with Crippen molar-refractivity contribution >= 4 is 5.91 Å². The number of nitrogens with two attached hydrogens (primary N) is 1. The average molecular weight is 272 g/mol. The van der Waals surface area contributed by atoms with Gasteiger partial charge in [0.15, 0.2) is 0 Å². The van der Waals surface area contributed by atoms with Gasteiger partial charge in [0.1, 0.15) is 0 Å². The first-order valence-electron chi connectivity index (χ1n) is 6.59. The van der Waals surface area contributed by atoms with Crippen LogP contribution in [0.3, 0.4) is 0 Å². The van der Waals surface area contributed by atoms with Crippen LogP contribution in [0.1, 0.15) is 33.4 Å². The fourth-order valence-corrected chi connectivity index (χ4v) is 2.21. The lowest BCUT2D eigenvalue weighted by Crippen LogP contribution is -2.32. The second-order valence-corrected chi connectivity index (χ2v) is 4.90. The molecule has 1 aromatic heterocycles. The van der Waals surface area contributed by atoms with Crippen LogP contribution >= 0.6 is 0 Å². The van der Waals surface area contributed by atoms with E-state index in [1.54, 1.807) is 4.68 Å². The van der Waals surface area contributed by atoms with Gasteiger partial charge in [-0.15, -0.1) is 0 Å². The van der Waals surface area contributed by atoms with Gasteiger partial charge in [0.2, 0.25) is 0 Å². The highest BCUT2D eigenvalue weighted by Crippen LogP contribution is 2.12. The Morgan fingerprint density at radius 3 is 2.55 bits per heavy atom. The molecule has 0 bridgehead atoms. The molecule has 0 saturated heterocycles. The van der Waals surface area contributed by atoms with Crippen molar-refractivity contribution in [1.29, 1.82) is 0 Å². The van der Waals surface area contributed by atoms with Crippen molar-refractivity contribution in [2.45, 2.75) is 19.9 Å². The standard InChI is InChI=1S/C15H20N4O/c1-10-14(11(2)19(3)18-10)15(20)17-9-13(16)12-7-5-4-6-8-12/h4-8,13H,9,16H2,1-3H3,(H,17,20). The van der Waals surface area contributed by atoms with Crippen LogP contribution in [-0.4, -0.2) is 22.2 Å². The number of amides is 1. The number of aromatic nitrogens is 2. The number of nitrogens with one attached hydrogen (secondary N) is 1. The molecule has 106 valence electrons. The summed E-state index contributed by atoms with van der Waals surface area (Å²) in [6, 6.07) is 9.52. The van der Waals surface area contributed by atoms with Crippen molar-refractivity contribution in [3.63, 3.8) is 0 Å². The smallest absolute Gasteiger partial charge is 0.255 e. The molecule has 1 heterocycles. The number of aryl methyl sites for hydroxylation is 2. The second kappa shape index (κ2) is 5.88. The van der Waals surface area contributed by atoms with Crippen molar-refractivity contribution in [1.82, 2.24) is 15.1 Å². The number of hydrogen-bond acceptors (Lipinski definition) is 3. The molecular formula is C15H20N4O. The zero-order chi connectivity index (χ0) is 14.7. The number of carbonyl (C=O) groups excluding carboxylic acids is 1. The highest BCUT2D eigenvalue weighted by atomic mass is 16.1. The third-order valence-electron chi connectivity index (χ3n) is 3.45. The van der Waals surface area contributed by atoms with Crippen LogP contribution in [0.2, 0.25) is 0 Å². The van der Waals surface area contributed by atoms with E-state index in [1.807, 2.05) is 51.2 Å². The summed E-state index contributed by atoms with van der Waals surface area (Å²) in [6.07, 6.45) is 0. The predicted octanol–water partition coefficient (Wildman–Crippen LogP) is 1.47. The lowest BCUT2D eigenvalue weighted by atomic mass is 10.1. The zero-order valence-corrected chi connectivity index (χ0v) is 12.1. The van der Waals surface area contributed by atoms with Crippen LogP contribution in [0.15, 0.2) is 30.3 Å². The van der Waals surface area contributed by atoms with E-state index in [1.165, 1.54) is 0 Å². The molecule has 0 spiro atoms. The van der Waals surface area contributed by atoms with Crippen LogP contribution in [0, 0.1) is 13.8 Å². The van der Waals surface area contributed by atoms with Gasteiger partial charge in [0.25, 0.3) is 5.91 Å². The summed E-state index contributed by atoms with van der Waals surface area (Å²) in [5, 5.41) is 7.12. The highest BCUT2D eigenvalue weighted by Gasteiger charge is 2.17. The Bertz CT molecular complexity index is 604. The minimum Gasteiger partial charge on any atom is -0.350 e. The van der Waals surface area contributed by atoms with E-state index in [9.17, 15) is 4.79 Å². The Balaban J connectivity index is 2.02. The maximum absolute atomic E-state index is 12.2. The first kappa shape index (κ1) is 14.3. The van der Waals surface area contributed by atoms with Crippen molar-refractivity contribution in [2.75, 3.05) is 6.54 Å². The summed E-state index contributed by atoms with van der Waals surface area (Å²) in [5.41, 5.74) is 9.29. The molecule has 0 saturated carbocycles. The molecule has 1 unspecified atom stereocenters. The molecule has 0 aliphatic carbocycles. The van der Waals surface area contributed by atoms with Gasteiger partial charge < -0.3 is 11.1 Å². The van der Waals surface area contributed by atoms with Crippen LogP contribution < -0.4 is 11.1 Å². The molecule has 0 aliphatic rings. The minimum absolute atomic E-state index is 0.125. The molecule has 0 fully saturated rings. The molecule has 5 nitrogen and oxygen atoms in total. The van der Waals surface area contributed by atoms with Crippen molar-refractivity contribution in [2.24, 2.45) is 12.8 Å². The van der Waals surface area contributed by atoms with E-state index < -0.39 is 0 Å². The number of hydrogen-bond donors (Lipinski definition) is 2. The maximum Gasteiger partial charge on any atom is 0.255 e. The van der Waals surface area contributed by atoms with E-state index in [0.717, 1.165) is 17.0 Å². The van der Waals surface area contributed by atoms with Crippen LogP contribution in [-0.2, 0) is 7.05 Å². The third kappa shape index (κ3) is 2.88. The molecule has 1 atom stereocenters. The van der Waals surface area contributed by atoms with Gasteiger partial charge in [-0.2, -0.15) is 5.10 Å². The summed E-state index contributed by atoms with van der Waals surface area (Å²) in [5.74, 6) is -0.125. The average Bonchev–Trinajstić information content (AvgIpc) is 2.70. The normalized spacial score (nSPS) is 12.2. The molecule has 2 aromatic rings. The highest BCUT2D eigenvalue weighted by molar-refractivity contribution is 5.96. The number of nitrogens with zero attached hydrogens (tertiary/aromatic N) is 2. The molecule has 5 heteroatoms. The molecule has 2 rings (SSSR count).